The number of nitro groups is 1. The van der Waals surface area contributed by atoms with Crippen molar-refractivity contribution in [2.75, 3.05) is 0 Å². The smallest absolute Gasteiger partial charge is 0.300 e. The van der Waals surface area contributed by atoms with Gasteiger partial charge in [-0.2, -0.15) is 0 Å². The Hall–Kier alpha value is -1.49. The van der Waals surface area contributed by atoms with Gasteiger partial charge < -0.3 is 4.98 Å². The van der Waals surface area contributed by atoms with E-state index in [0.29, 0.717) is 17.0 Å². The van der Waals surface area contributed by atoms with Gasteiger partial charge in [0.2, 0.25) is 0 Å². The Kier molecular flexibility index (Phi) is 3.85. The Morgan fingerprint density at radius 1 is 1.58 bits per heavy atom. The molecule has 2 N–H and O–H groups in total. The van der Waals surface area contributed by atoms with Crippen LogP contribution in [0.25, 0.3) is 0 Å². The summed E-state index contributed by atoms with van der Waals surface area (Å²) in [7, 11) is -3.84. The van der Waals surface area contributed by atoms with E-state index in [1.807, 2.05) is 0 Å². The molecule has 2 aromatic rings. The molecule has 0 aliphatic rings. The summed E-state index contributed by atoms with van der Waals surface area (Å²) in [5.74, 6) is 0. The molecule has 0 amide bonds. The average Bonchev–Trinajstić information content (AvgIpc) is 2.95. The average molecular weight is 323 g/mol. The van der Waals surface area contributed by atoms with E-state index in [-0.39, 0.29) is 15.1 Å². The van der Waals surface area contributed by atoms with Gasteiger partial charge in [-0.1, -0.05) is 11.6 Å². The van der Waals surface area contributed by atoms with E-state index in [0.717, 1.165) is 6.07 Å². The van der Waals surface area contributed by atoms with Crippen LogP contribution in [0.4, 0.5) is 5.69 Å². The summed E-state index contributed by atoms with van der Waals surface area (Å²) in [6.07, 6.45) is 2.88. The van der Waals surface area contributed by atoms with Crippen LogP contribution in [0.15, 0.2) is 22.8 Å². The van der Waals surface area contributed by atoms with Gasteiger partial charge in [-0.3, -0.25) is 10.1 Å². The Morgan fingerprint density at radius 3 is 2.84 bits per heavy atom. The standard InChI is InChI=1S/C8H7ClN4O4S2/c9-8-6(13(14)15)1-7(18-8)19(16,17)12-3-5-2-10-4-11-5/h1-2,4,12H,3H2,(H,10,11). The van der Waals surface area contributed by atoms with Crippen LogP contribution in [0.2, 0.25) is 4.34 Å². The van der Waals surface area contributed by atoms with Crippen molar-refractivity contribution in [1.82, 2.24) is 14.7 Å². The molecule has 0 aliphatic carbocycles. The number of nitrogens with zero attached hydrogens (tertiary/aromatic N) is 2. The molecule has 19 heavy (non-hydrogen) atoms. The van der Waals surface area contributed by atoms with Gasteiger partial charge >= 0.3 is 0 Å². The van der Waals surface area contributed by atoms with E-state index in [9.17, 15) is 18.5 Å². The van der Waals surface area contributed by atoms with Gasteiger partial charge in [0.25, 0.3) is 15.7 Å². The van der Waals surface area contributed by atoms with Crippen LogP contribution in [0.5, 0.6) is 0 Å². The summed E-state index contributed by atoms with van der Waals surface area (Å²) in [5.41, 5.74) is 0.148. The molecule has 0 fully saturated rings. The van der Waals surface area contributed by atoms with Gasteiger partial charge in [0.15, 0.2) is 4.34 Å². The van der Waals surface area contributed by atoms with Crippen LogP contribution in [0.3, 0.4) is 0 Å². The number of hydrogen-bond acceptors (Lipinski definition) is 6. The molecule has 0 saturated heterocycles. The molecule has 8 nitrogen and oxygen atoms in total. The third-order valence-electron chi connectivity index (χ3n) is 2.12. The predicted octanol–water partition coefficient (Wildman–Crippen LogP) is 1.51. The molecule has 0 spiro atoms. The van der Waals surface area contributed by atoms with Crippen LogP contribution >= 0.6 is 22.9 Å². The largest absolute Gasteiger partial charge is 0.347 e. The van der Waals surface area contributed by atoms with Gasteiger partial charge in [0, 0.05) is 18.0 Å². The van der Waals surface area contributed by atoms with E-state index in [1.54, 1.807) is 0 Å². The van der Waals surface area contributed by atoms with E-state index in [2.05, 4.69) is 14.7 Å². The lowest BCUT2D eigenvalue weighted by atomic mass is 10.5. The lowest BCUT2D eigenvalue weighted by Gasteiger charge is -2.01. The minimum absolute atomic E-state index is 0.00561. The third kappa shape index (κ3) is 3.10. The minimum Gasteiger partial charge on any atom is -0.347 e. The van der Waals surface area contributed by atoms with E-state index in [1.165, 1.54) is 12.5 Å². The van der Waals surface area contributed by atoms with E-state index in [4.69, 9.17) is 11.6 Å². The fourth-order valence-corrected chi connectivity index (χ4v) is 3.94. The molecular weight excluding hydrogens is 316 g/mol. The van der Waals surface area contributed by atoms with Crippen LogP contribution in [0, 0.1) is 10.1 Å². The number of hydrogen-bond donors (Lipinski definition) is 2. The van der Waals surface area contributed by atoms with Gasteiger partial charge in [-0.15, -0.1) is 11.3 Å². The third-order valence-corrected chi connectivity index (χ3v) is 5.33. The molecule has 2 aromatic heterocycles. The minimum atomic E-state index is -3.84. The number of nitrogens with one attached hydrogen (secondary N) is 2. The summed E-state index contributed by atoms with van der Waals surface area (Å²) in [6.45, 7) is 0.00561. The van der Waals surface area contributed by atoms with Crippen LogP contribution in [-0.2, 0) is 16.6 Å². The first-order valence-corrected chi connectivity index (χ1v) is 7.48. The second-order valence-electron chi connectivity index (χ2n) is 3.38. The summed E-state index contributed by atoms with van der Waals surface area (Å²) in [4.78, 5) is 16.3. The van der Waals surface area contributed by atoms with Crippen molar-refractivity contribution in [3.8, 4) is 0 Å². The highest BCUT2D eigenvalue weighted by Crippen LogP contribution is 2.36. The van der Waals surface area contributed by atoms with Gasteiger partial charge in [0.1, 0.15) is 4.21 Å². The number of aromatic amines is 1. The Morgan fingerprint density at radius 2 is 2.32 bits per heavy atom. The number of imidazole rings is 1. The molecule has 0 saturated carbocycles. The second-order valence-corrected chi connectivity index (χ2v) is 7.03. The van der Waals surface area contributed by atoms with Crippen molar-refractivity contribution in [3.05, 3.63) is 38.7 Å². The summed E-state index contributed by atoms with van der Waals surface area (Å²) >= 11 is 6.25. The fraction of sp³-hybridized carbons (Fsp3) is 0.125. The maximum atomic E-state index is 11.9. The van der Waals surface area contributed by atoms with Crippen molar-refractivity contribution in [2.45, 2.75) is 10.8 Å². The Bertz CT molecular complexity index is 694. The zero-order valence-corrected chi connectivity index (χ0v) is 11.5. The van der Waals surface area contributed by atoms with E-state index >= 15 is 0 Å². The number of rotatable bonds is 5. The van der Waals surface area contributed by atoms with Crippen LogP contribution in [-0.4, -0.2) is 23.3 Å². The second kappa shape index (κ2) is 5.25. The highest BCUT2D eigenvalue weighted by Gasteiger charge is 2.25. The number of sulfonamides is 1. The molecule has 0 radical (unpaired) electrons. The maximum absolute atomic E-state index is 11.9. The highest BCUT2D eigenvalue weighted by atomic mass is 35.5. The maximum Gasteiger partial charge on any atom is 0.300 e. The van der Waals surface area contributed by atoms with Crippen LogP contribution < -0.4 is 4.72 Å². The Balaban J connectivity index is 2.20. The first-order chi connectivity index (χ1) is 8.90. The first-order valence-electron chi connectivity index (χ1n) is 4.81. The molecule has 0 aliphatic heterocycles. The monoisotopic (exact) mass is 322 g/mol. The lowest BCUT2D eigenvalue weighted by Crippen LogP contribution is -2.22. The predicted molar refractivity (Wildman–Crippen MR) is 68.6 cm³/mol. The molecular formula is C8H7ClN4O4S2. The molecule has 102 valence electrons. The van der Waals surface area contributed by atoms with Crippen molar-refractivity contribution in [3.63, 3.8) is 0 Å². The van der Waals surface area contributed by atoms with Gasteiger partial charge in [0.05, 0.1) is 17.8 Å². The number of halogens is 1. The number of thiophene rings is 1. The first kappa shape index (κ1) is 13.9. The van der Waals surface area contributed by atoms with Crippen molar-refractivity contribution in [2.24, 2.45) is 0 Å². The molecule has 2 rings (SSSR count). The summed E-state index contributed by atoms with van der Waals surface area (Å²) < 4.78 is 25.7. The zero-order valence-electron chi connectivity index (χ0n) is 9.16. The van der Waals surface area contributed by atoms with E-state index < -0.39 is 20.6 Å². The number of H-pyrrole nitrogens is 1. The van der Waals surface area contributed by atoms with Crippen molar-refractivity contribution < 1.29 is 13.3 Å². The van der Waals surface area contributed by atoms with Crippen LogP contribution in [0.1, 0.15) is 5.69 Å². The number of aromatic nitrogens is 2. The SMILES string of the molecule is O=[N+]([O-])c1cc(S(=O)(=O)NCc2cnc[nH]2)sc1Cl. The molecule has 0 atom stereocenters. The normalized spacial score (nSPS) is 11.6. The van der Waals surface area contributed by atoms with Crippen molar-refractivity contribution in [1.29, 1.82) is 0 Å². The van der Waals surface area contributed by atoms with Gasteiger partial charge in [-0.05, 0) is 0 Å². The summed E-state index contributed by atoms with van der Waals surface area (Å²) in [6, 6.07) is 0.933. The quantitative estimate of drug-likeness (QED) is 0.639. The lowest BCUT2D eigenvalue weighted by molar-refractivity contribution is -0.384. The van der Waals surface area contributed by atoms with Gasteiger partial charge in [-0.25, -0.2) is 18.1 Å². The summed E-state index contributed by atoms with van der Waals surface area (Å²) in [5, 5.41) is 10.6. The molecule has 11 heteroatoms. The fourth-order valence-electron chi connectivity index (χ4n) is 1.22. The highest BCUT2D eigenvalue weighted by molar-refractivity contribution is 7.91. The van der Waals surface area contributed by atoms with Crippen molar-refractivity contribution >= 4 is 38.6 Å². The molecule has 0 bridgehead atoms. The molecule has 0 aromatic carbocycles. The molecule has 2 heterocycles. The zero-order chi connectivity index (χ0) is 14.0. The topological polar surface area (TPSA) is 118 Å². The molecule has 0 unspecified atom stereocenters. The Labute approximate surface area is 116 Å².